The molecule has 1 atom stereocenters. The summed E-state index contributed by atoms with van der Waals surface area (Å²) in [5.41, 5.74) is 0.785. The quantitative estimate of drug-likeness (QED) is 0.723. The van der Waals surface area contributed by atoms with Crippen molar-refractivity contribution in [2.24, 2.45) is 0 Å². The van der Waals surface area contributed by atoms with Gasteiger partial charge in [-0.2, -0.15) is 0 Å². The molecule has 1 aromatic carbocycles. The second-order valence-corrected chi connectivity index (χ2v) is 8.38. The molecule has 0 bridgehead atoms. The number of carbonyl (C=O) groups excluding carboxylic acids is 1. The molecule has 1 aromatic rings. The molecule has 150 valence electrons. The fourth-order valence-electron chi connectivity index (χ4n) is 4.37. The van der Waals surface area contributed by atoms with Crippen LogP contribution in [0, 0.1) is 0 Å². The lowest BCUT2D eigenvalue weighted by atomic mass is 9.97. The van der Waals surface area contributed by atoms with Gasteiger partial charge in [0.25, 0.3) is 5.91 Å². The Kier molecular flexibility index (Phi) is 7.57. The first-order chi connectivity index (χ1) is 13.1. The summed E-state index contributed by atoms with van der Waals surface area (Å²) < 4.78 is 5.70. The molecule has 1 unspecified atom stereocenters. The molecule has 0 radical (unpaired) electrons. The lowest BCUT2D eigenvalue weighted by Crippen LogP contribution is -2.45. The first-order valence-corrected chi connectivity index (χ1v) is 10.9. The Balaban J connectivity index is 1.59. The zero-order valence-electron chi connectivity index (χ0n) is 17.2. The topological polar surface area (TPSA) is 32.8 Å². The summed E-state index contributed by atoms with van der Waals surface area (Å²) >= 11 is 0. The minimum Gasteiger partial charge on any atom is -0.491 e. The summed E-state index contributed by atoms with van der Waals surface area (Å²) in [6.07, 6.45) is 10.2. The van der Waals surface area contributed by atoms with Gasteiger partial charge in [-0.15, -0.1) is 0 Å². The number of hydrogen-bond donors (Lipinski definition) is 0. The van der Waals surface area contributed by atoms with Crippen molar-refractivity contribution in [2.45, 2.75) is 77.4 Å². The summed E-state index contributed by atoms with van der Waals surface area (Å²) in [6, 6.07) is 8.06. The predicted octanol–water partition coefficient (Wildman–Crippen LogP) is 4.73. The highest BCUT2D eigenvalue weighted by atomic mass is 16.5. The molecule has 2 heterocycles. The zero-order chi connectivity index (χ0) is 19.1. The molecule has 0 aromatic heterocycles. The summed E-state index contributed by atoms with van der Waals surface area (Å²) in [6.45, 7) is 8.53. The van der Waals surface area contributed by atoms with Crippen LogP contribution < -0.4 is 4.74 Å². The Bertz CT molecular complexity index is 577. The number of amides is 1. The van der Waals surface area contributed by atoms with Crippen molar-refractivity contribution in [3.8, 4) is 5.75 Å². The molecular formula is C23H36N2O2. The Hall–Kier alpha value is -1.55. The van der Waals surface area contributed by atoms with Crippen LogP contribution in [0.5, 0.6) is 5.75 Å². The SMILES string of the molecule is CC(C)Oc1ccc(C(=O)N2CCCCC2CCN2CCCCCC2)cc1. The molecule has 27 heavy (non-hydrogen) atoms. The third-order valence-electron chi connectivity index (χ3n) is 5.84. The van der Waals surface area contributed by atoms with E-state index in [0.717, 1.165) is 43.7 Å². The predicted molar refractivity (Wildman–Crippen MR) is 110 cm³/mol. The number of piperidine rings is 1. The van der Waals surface area contributed by atoms with Gasteiger partial charge in [-0.3, -0.25) is 4.79 Å². The maximum Gasteiger partial charge on any atom is 0.254 e. The molecule has 3 rings (SSSR count). The molecule has 2 saturated heterocycles. The van der Waals surface area contributed by atoms with Crippen LogP contribution in [-0.2, 0) is 0 Å². The number of benzene rings is 1. The van der Waals surface area contributed by atoms with Gasteiger partial charge in [-0.1, -0.05) is 12.8 Å². The van der Waals surface area contributed by atoms with E-state index in [1.165, 1.54) is 45.2 Å². The molecule has 0 saturated carbocycles. The highest BCUT2D eigenvalue weighted by Crippen LogP contribution is 2.24. The molecule has 1 amide bonds. The highest BCUT2D eigenvalue weighted by molar-refractivity contribution is 5.94. The summed E-state index contributed by atoms with van der Waals surface area (Å²) in [4.78, 5) is 17.9. The lowest BCUT2D eigenvalue weighted by Gasteiger charge is -2.37. The summed E-state index contributed by atoms with van der Waals surface area (Å²) in [7, 11) is 0. The minimum absolute atomic E-state index is 0.150. The van der Waals surface area contributed by atoms with Gasteiger partial charge in [0.15, 0.2) is 0 Å². The number of carbonyl (C=O) groups is 1. The van der Waals surface area contributed by atoms with Gasteiger partial charge in [0.2, 0.25) is 0 Å². The molecular weight excluding hydrogens is 336 g/mol. The van der Waals surface area contributed by atoms with Gasteiger partial charge in [0.05, 0.1) is 6.10 Å². The van der Waals surface area contributed by atoms with Crippen LogP contribution in [0.1, 0.15) is 75.6 Å². The number of nitrogens with zero attached hydrogens (tertiary/aromatic N) is 2. The molecule has 2 aliphatic heterocycles. The van der Waals surface area contributed by atoms with Crippen LogP contribution >= 0.6 is 0 Å². The summed E-state index contributed by atoms with van der Waals surface area (Å²) in [5.74, 6) is 1.02. The van der Waals surface area contributed by atoms with E-state index in [4.69, 9.17) is 4.74 Å². The maximum absolute atomic E-state index is 13.1. The number of hydrogen-bond acceptors (Lipinski definition) is 3. The van der Waals surface area contributed by atoms with Crippen molar-refractivity contribution in [1.29, 1.82) is 0 Å². The highest BCUT2D eigenvalue weighted by Gasteiger charge is 2.27. The zero-order valence-corrected chi connectivity index (χ0v) is 17.2. The molecule has 4 nitrogen and oxygen atoms in total. The molecule has 2 fully saturated rings. The van der Waals surface area contributed by atoms with E-state index < -0.39 is 0 Å². The number of ether oxygens (including phenoxy) is 1. The van der Waals surface area contributed by atoms with Gasteiger partial charge >= 0.3 is 0 Å². The van der Waals surface area contributed by atoms with Gasteiger partial charge in [-0.05, 0) is 89.7 Å². The molecule has 4 heteroatoms. The van der Waals surface area contributed by atoms with Crippen LogP contribution in [0.2, 0.25) is 0 Å². The second kappa shape index (κ2) is 10.1. The van der Waals surface area contributed by atoms with Crippen LogP contribution in [-0.4, -0.2) is 54.0 Å². The van der Waals surface area contributed by atoms with Crippen LogP contribution in [0.25, 0.3) is 0 Å². The Labute approximate surface area is 164 Å². The van der Waals surface area contributed by atoms with Crippen molar-refractivity contribution < 1.29 is 9.53 Å². The third-order valence-corrected chi connectivity index (χ3v) is 5.84. The van der Waals surface area contributed by atoms with E-state index in [1.54, 1.807) is 0 Å². The van der Waals surface area contributed by atoms with Crippen molar-refractivity contribution in [3.63, 3.8) is 0 Å². The second-order valence-electron chi connectivity index (χ2n) is 8.38. The van der Waals surface area contributed by atoms with E-state index in [1.807, 2.05) is 38.1 Å². The first kappa shape index (κ1) is 20.2. The summed E-state index contributed by atoms with van der Waals surface area (Å²) in [5, 5.41) is 0. The van der Waals surface area contributed by atoms with Crippen LogP contribution in [0.15, 0.2) is 24.3 Å². The fraction of sp³-hybridized carbons (Fsp3) is 0.696. The molecule has 0 spiro atoms. The van der Waals surface area contributed by atoms with Crippen molar-refractivity contribution in [3.05, 3.63) is 29.8 Å². The van der Waals surface area contributed by atoms with Crippen molar-refractivity contribution in [2.75, 3.05) is 26.2 Å². The van der Waals surface area contributed by atoms with Gasteiger partial charge < -0.3 is 14.5 Å². The van der Waals surface area contributed by atoms with E-state index >= 15 is 0 Å². The largest absolute Gasteiger partial charge is 0.491 e. The van der Waals surface area contributed by atoms with Crippen molar-refractivity contribution >= 4 is 5.91 Å². The molecule has 0 aliphatic carbocycles. The molecule has 0 N–H and O–H groups in total. The van der Waals surface area contributed by atoms with E-state index in [0.29, 0.717) is 6.04 Å². The van der Waals surface area contributed by atoms with Gasteiger partial charge in [-0.25, -0.2) is 0 Å². The van der Waals surface area contributed by atoms with Gasteiger partial charge in [0.1, 0.15) is 5.75 Å². The average Bonchev–Trinajstić information content (AvgIpc) is 2.95. The first-order valence-electron chi connectivity index (χ1n) is 10.9. The number of likely N-dealkylation sites (tertiary alicyclic amines) is 2. The molecule has 2 aliphatic rings. The Morgan fingerprint density at radius 2 is 1.67 bits per heavy atom. The van der Waals surface area contributed by atoms with Gasteiger partial charge in [0, 0.05) is 24.7 Å². The maximum atomic E-state index is 13.1. The smallest absolute Gasteiger partial charge is 0.254 e. The standard InChI is InChI=1S/C23H36N2O2/c1-19(2)27-22-12-10-20(11-13-22)23(26)25-17-8-5-9-21(25)14-18-24-15-6-3-4-7-16-24/h10-13,19,21H,3-9,14-18H2,1-2H3. The van der Waals surface area contributed by atoms with Crippen LogP contribution in [0.3, 0.4) is 0 Å². The normalized spacial score (nSPS) is 21.9. The Morgan fingerprint density at radius 3 is 2.33 bits per heavy atom. The monoisotopic (exact) mass is 372 g/mol. The van der Waals surface area contributed by atoms with E-state index in [9.17, 15) is 4.79 Å². The number of rotatable bonds is 6. The van der Waals surface area contributed by atoms with E-state index in [2.05, 4.69) is 9.80 Å². The minimum atomic E-state index is 0.150. The Morgan fingerprint density at radius 1 is 1.00 bits per heavy atom. The van der Waals surface area contributed by atoms with Crippen LogP contribution in [0.4, 0.5) is 0 Å². The third kappa shape index (κ3) is 5.97. The van der Waals surface area contributed by atoms with E-state index in [-0.39, 0.29) is 12.0 Å². The van der Waals surface area contributed by atoms with Crippen molar-refractivity contribution in [1.82, 2.24) is 9.80 Å². The lowest BCUT2D eigenvalue weighted by molar-refractivity contribution is 0.0584. The fourth-order valence-corrected chi connectivity index (χ4v) is 4.37. The average molecular weight is 373 g/mol.